The monoisotopic (exact) mass is 396 g/mol. The zero-order valence-electron chi connectivity index (χ0n) is 15.7. The van der Waals surface area contributed by atoms with Crippen LogP contribution in [0.3, 0.4) is 0 Å². The summed E-state index contributed by atoms with van der Waals surface area (Å²) in [5, 5.41) is 0. The third kappa shape index (κ3) is 3.97. The number of ether oxygens (including phenoxy) is 2. The lowest BCUT2D eigenvalue weighted by atomic mass is 9.68. The lowest BCUT2D eigenvalue weighted by Gasteiger charge is -2.49. The van der Waals surface area contributed by atoms with E-state index in [-0.39, 0.29) is 4.90 Å². The Balaban J connectivity index is 1.90. The van der Waals surface area contributed by atoms with Gasteiger partial charge in [0, 0.05) is 25.2 Å². The van der Waals surface area contributed by atoms with E-state index in [1.54, 1.807) is 12.1 Å². The molecule has 8 heteroatoms. The maximum Gasteiger partial charge on any atom is 0.243 e. The standard InChI is InChI=1S/C19H28N2O5S/c1-2-12-26-15-4-6-16(7-5-15)27(23,24)21-11-3-8-19(17(21)18(20)22)9-13-25-14-10-19/h4-7,17H,2-3,8-14H2,1H3,(H2,20,22). The van der Waals surface area contributed by atoms with Crippen molar-refractivity contribution in [3.05, 3.63) is 24.3 Å². The van der Waals surface area contributed by atoms with E-state index in [2.05, 4.69) is 0 Å². The van der Waals surface area contributed by atoms with Crippen LogP contribution in [0, 0.1) is 5.41 Å². The Hall–Kier alpha value is -1.64. The minimum absolute atomic E-state index is 0.154. The molecule has 1 atom stereocenters. The zero-order chi connectivity index (χ0) is 19.5. The summed E-state index contributed by atoms with van der Waals surface area (Å²) in [5.74, 6) is 0.0462. The molecular formula is C19H28N2O5S. The smallest absolute Gasteiger partial charge is 0.243 e. The predicted octanol–water partition coefficient (Wildman–Crippen LogP) is 1.91. The molecule has 7 nitrogen and oxygen atoms in total. The number of amides is 1. The third-order valence-corrected chi connectivity index (χ3v) is 7.46. The van der Waals surface area contributed by atoms with Crippen molar-refractivity contribution >= 4 is 15.9 Å². The molecule has 1 unspecified atom stereocenters. The Morgan fingerprint density at radius 1 is 1.26 bits per heavy atom. The van der Waals surface area contributed by atoms with Gasteiger partial charge in [0.15, 0.2) is 0 Å². The van der Waals surface area contributed by atoms with Crippen molar-refractivity contribution in [1.29, 1.82) is 0 Å². The van der Waals surface area contributed by atoms with Crippen LogP contribution in [0.4, 0.5) is 0 Å². The Labute approximate surface area is 160 Å². The quantitative estimate of drug-likeness (QED) is 0.792. The van der Waals surface area contributed by atoms with E-state index < -0.39 is 27.4 Å². The highest BCUT2D eigenvalue weighted by Gasteiger charge is 2.52. The van der Waals surface area contributed by atoms with Crippen LogP contribution in [0.15, 0.2) is 29.2 Å². The summed E-state index contributed by atoms with van der Waals surface area (Å²) >= 11 is 0. The van der Waals surface area contributed by atoms with Crippen molar-refractivity contribution in [3.8, 4) is 5.75 Å². The van der Waals surface area contributed by atoms with Gasteiger partial charge in [-0.25, -0.2) is 8.42 Å². The molecule has 0 radical (unpaired) electrons. The summed E-state index contributed by atoms with van der Waals surface area (Å²) in [6.45, 7) is 3.94. The number of hydrogen-bond acceptors (Lipinski definition) is 5. The van der Waals surface area contributed by atoms with Crippen LogP contribution < -0.4 is 10.5 Å². The molecule has 1 spiro atoms. The third-order valence-electron chi connectivity index (χ3n) is 5.58. The molecule has 2 fully saturated rings. The lowest BCUT2D eigenvalue weighted by molar-refractivity contribution is -0.132. The number of carbonyl (C=O) groups is 1. The largest absolute Gasteiger partial charge is 0.494 e. The van der Waals surface area contributed by atoms with Gasteiger partial charge in [0.1, 0.15) is 11.8 Å². The lowest BCUT2D eigenvalue weighted by Crippen LogP contribution is -2.61. The van der Waals surface area contributed by atoms with Crippen molar-refractivity contribution in [2.45, 2.75) is 50.0 Å². The molecule has 27 heavy (non-hydrogen) atoms. The van der Waals surface area contributed by atoms with Crippen molar-refractivity contribution in [2.24, 2.45) is 11.1 Å². The average Bonchev–Trinajstić information content (AvgIpc) is 2.67. The van der Waals surface area contributed by atoms with Crippen LogP contribution >= 0.6 is 0 Å². The van der Waals surface area contributed by atoms with E-state index in [0.29, 0.717) is 51.4 Å². The van der Waals surface area contributed by atoms with Crippen molar-refractivity contribution in [2.75, 3.05) is 26.4 Å². The van der Waals surface area contributed by atoms with E-state index in [4.69, 9.17) is 15.2 Å². The van der Waals surface area contributed by atoms with Gasteiger partial charge in [0.25, 0.3) is 0 Å². The number of sulfonamides is 1. The van der Waals surface area contributed by atoms with Crippen molar-refractivity contribution in [1.82, 2.24) is 4.31 Å². The maximum atomic E-state index is 13.3. The summed E-state index contributed by atoms with van der Waals surface area (Å²) < 4.78 is 38.9. The molecule has 2 saturated heterocycles. The fourth-order valence-electron chi connectivity index (χ4n) is 4.23. The molecule has 0 bridgehead atoms. The fourth-order valence-corrected chi connectivity index (χ4v) is 5.95. The van der Waals surface area contributed by atoms with E-state index in [1.165, 1.54) is 16.4 Å². The fraction of sp³-hybridized carbons (Fsp3) is 0.632. The van der Waals surface area contributed by atoms with Gasteiger partial charge in [-0.05, 0) is 56.4 Å². The van der Waals surface area contributed by atoms with Crippen molar-refractivity contribution < 1.29 is 22.7 Å². The Kier molecular flexibility index (Phi) is 6.08. The van der Waals surface area contributed by atoms with Gasteiger partial charge in [0.05, 0.1) is 11.5 Å². The first-order valence-corrected chi connectivity index (χ1v) is 11.0. The number of piperidine rings is 1. The molecule has 2 heterocycles. The molecule has 2 N–H and O–H groups in total. The summed E-state index contributed by atoms with van der Waals surface area (Å²) in [4.78, 5) is 12.5. The normalized spacial score (nSPS) is 23.2. The maximum absolute atomic E-state index is 13.3. The van der Waals surface area contributed by atoms with E-state index in [9.17, 15) is 13.2 Å². The molecule has 1 aromatic carbocycles. The van der Waals surface area contributed by atoms with E-state index in [1.807, 2.05) is 6.92 Å². The SMILES string of the molecule is CCCOc1ccc(S(=O)(=O)N2CCCC3(CCOCC3)C2C(N)=O)cc1. The van der Waals surface area contributed by atoms with Crippen molar-refractivity contribution in [3.63, 3.8) is 0 Å². The molecule has 0 aliphatic carbocycles. The molecule has 0 saturated carbocycles. The van der Waals surface area contributed by atoms with Gasteiger partial charge in [-0.2, -0.15) is 4.31 Å². The molecule has 2 aliphatic heterocycles. The summed E-state index contributed by atoms with van der Waals surface area (Å²) in [5.41, 5.74) is 5.28. The van der Waals surface area contributed by atoms with Crippen LogP contribution in [-0.4, -0.2) is 51.0 Å². The second-order valence-electron chi connectivity index (χ2n) is 7.32. The Morgan fingerprint density at radius 3 is 2.52 bits per heavy atom. The highest BCUT2D eigenvalue weighted by Crippen LogP contribution is 2.45. The number of hydrogen-bond donors (Lipinski definition) is 1. The molecule has 150 valence electrons. The van der Waals surface area contributed by atoms with Crippen LogP contribution in [0.25, 0.3) is 0 Å². The topological polar surface area (TPSA) is 98.9 Å². The number of carbonyl (C=O) groups excluding carboxylic acids is 1. The van der Waals surface area contributed by atoms with Crippen LogP contribution in [0.1, 0.15) is 39.0 Å². The first-order chi connectivity index (χ1) is 12.9. The van der Waals surface area contributed by atoms with Crippen LogP contribution in [0.2, 0.25) is 0 Å². The van der Waals surface area contributed by atoms with Gasteiger partial charge in [0.2, 0.25) is 15.9 Å². The van der Waals surface area contributed by atoms with Crippen LogP contribution in [-0.2, 0) is 19.6 Å². The van der Waals surface area contributed by atoms with Crippen LogP contribution in [0.5, 0.6) is 5.75 Å². The highest BCUT2D eigenvalue weighted by molar-refractivity contribution is 7.89. The van der Waals surface area contributed by atoms with Gasteiger partial charge in [-0.1, -0.05) is 6.92 Å². The number of benzene rings is 1. The molecule has 1 aromatic rings. The molecule has 0 aromatic heterocycles. The summed E-state index contributed by atoms with van der Waals surface area (Å²) in [7, 11) is -3.83. The summed E-state index contributed by atoms with van der Waals surface area (Å²) in [6, 6.07) is 5.52. The first kappa shape index (κ1) is 20.1. The second kappa shape index (κ2) is 8.16. The van der Waals surface area contributed by atoms with Gasteiger partial charge >= 0.3 is 0 Å². The zero-order valence-corrected chi connectivity index (χ0v) is 16.5. The van der Waals surface area contributed by atoms with Gasteiger partial charge in [-0.3, -0.25) is 4.79 Å². The van der Waals surface area contributed by atoms with E-state index in [0.717, 1.165) is 12.8 Å². The molecule has 2 aliphatic rings. The Morgan fingerprint density at radius 2 is 1.93 bits per heavy atom. The minimum Gasteiger partial charge on any atom is -0.494 e. The number of nitrogens with zero attached hydrogens (tertiary/aromatic N) is 1. The molecule has 3 rings (SSSR count). The minimum atomic E-state index is -3.83. The van der Waals surface area contributed by atoms with E-state index >= 15 is 0 Å². The second-order valence-corrected chi connectivity index (χ2v) is 9.21. The van der Waals surface area contributed by atoms with Gasteiger partial charge in [-0.15, -0.1) is 0 Å². The molecule has 1 amide bonds. The Bertz CT molecular complexity index is 751. The number of primary amides is 1. The van der Waals surface area contributed by atoms with Gasteiger partial charge < -0.3 is 15.2 Å². The molecular weight excluding hydrogens is 368 g/mol. The number of rotatable bonds is 6. The predicted molar refractivity (Wildman–Crippen MR) is 101 cm³/mol. The highest BCUT2D eigenvalue weighted by atomic mass is 32.2. The summed E-state index contributed by atoms with van der Waals surface area (Å²) in [6.07, 6.45) is 3.67. The number of nitrogens with two attached hydrogens (primary N) is 1. The first-order valence-electron chi connectivity index (χ1n) is 9.52. The average molecular weight is 397 g/mol.